The van der Waals surface area contributed by atoms with Crippen molar-refractivity contribution in [3.05, 3.63) is 54.6 Å². The Bertz CT molecular complexity index is 656. The van der Waals surface area contributed by atoms with Gasteiger partial charge in [-0.25, -0.2) is 0 Å². The highest BCUT2D eigenvalue weighted by molar-refractivity contribution is 5.68. The zero-order valence-electron chi connectivity index (χ0n) is 13.8. The predicted molar refractivity (Wildman–Crippen MR) is 94.0 cm³/mol. The molecule has 2 fully saturated rings. The molecular formula is C21H25N. The van der Waals surface area contributed by atoms with E-state index in [2.05, 4.69) is 80.3 Å². The first kappa shape index (κ1) is 13.9. The summed E-state index contributed by atoms with van der Waals surface area (Å²) in [5.41, 5.74) is 4.50. The van der Waals surface area contributed by atoms with Crippen LogP contribution in [0.25, 0.3) is 11.1 Å². The summed E-state index contributed by atoms with van der Waals surface area (Å²) in [5, 5.41) is 0. The SMILES string of the molecule is CC(C)(C)C1C2CN(c3cccc(-c4ccccc4)c3)CC21. The zero-order valence-corrected chi connectivity index (χ0v) is 13.8. The lowest BCUT2D eigenvalue weighted by atomic mass is 9.87. The van der Waals surface area contributed by atoms with Crippen LogP contribution < -0.4 is 4.90 Å². The number of piperidine rings is 1. The number of fused-ring (bicyclic) bond motifs is 1. The van der Waals surface area contributed by atoms with Gasteiger partial charge in [0, 0.05) is 18.8 Å². The van der Waals surface area contributed by atoms with E-state index < -0.39 is 0 Å². The van der Waals surface area contributed by atoms with Crippen LogP contribution in [-0.4, -0.2) is 13.1 Å². The molecule has 0 bridgehead atoms. The predicted octanol–water partition coefficient (Wildman–Crippen LogP) is 5.08. The van der Waals surface area contributed by atoms with Gasteiger partial charge in [0.25, 0.3) is 0 Å². The molecule has 0 N–H and O–H groups in total. The zero-order chi connectivity index (χ0) is 15.3. The minimum Gasteiger partial charge on any atom is -0.371 e. The Morgan fingerprint density at radius 2 is 1.45 bits per heavy atom. The Kier molecular flexibility index (Phi) is 3.07. The van der Waals surface area contributed by atoms with Gasteiger partial charge in [-0.15, -0.1) is 0 Å². The smallest absolute Gasteiger partial charge is 0.0372 e. The minimum atomic E-state index is 0.479. The second-order valence-corrected chi connectivity index (χ2v) is 8.04. The van der Waals surface area contributed by atoms with Crippen molar-refractivity contribution in [2.45, 2.75) is 20.8 Å². The Morgan fingerprint density at radius 3 is 2.09 bits per heavy atom. The maximum atomic E-state index is 2.59. The van der Waals surface area contributed by atoms with Gasteiger partial charge < -0.3 is 4.90 Å². The van der Waals surface area contributed by atoms with Gasteiger partial charge in [-0.3, -0.25) is 0 Å². The molecule has 4 rings (SSSR count). The van der Waals surface area contributed by atoms with Gasteiger partial charge in [0.15, 0.2) is 0 Å². The topological polar surface area (TPSA) is 3.24 Å². The second kappa shape index (κ2) is 4.87. The van der Waals surface area contributed by atoms with Crippen LogP contribution >= 0.6 is 0 Å². The van der Waals surface area contributed by atoms with E-state index in [0.29, 0.717) is 5.41 Å². The fourth-order valence-corrected chi connectivity index (χ4v) is 4.53. The average Bonchev–Trinajstić information content (AvgIpc) is 3.06. The molecule has 1 heterocycles. The van der Waals surface area contributed by atoms with E-state index in [-0.39, 0.29) is 0 Å². The van der Waals surface area contributed by atoms with Crippen molar-refractivity contribution >= 4 is 5.69 Å². The molecule has 2 unspecified atom stereocenters. The summed E-state index contributed by atoms with van der Waals surface area (Å²) in [5.74, 6) is 2.77. The van der Waals surface area contributed by atoms with Crippen LogP contribution in [0.5, 0.6) is 0 Å². The molecule has 114 valence electrons. The maximum Gasteiger partial charge on any atom is 0.0372 e. The molecule has 2 aromatic carbocycles. The lowest BCUT2D eigenvalue weighted by molar-refractivity contribution is 0.309. The van der Waals surface area contributed by atoms with Crippen molar-refractivity contribution in [1.82, 2.24) is 0 Å². The summed E-state index contributed by atoms with van der Waals surface area (Å²) in [6.45, 7) is 9.68. The Labute approximate surface area is 134 Å². The first-order chi connectivity index (χ1) is 10.5. The van der Waals surface area contributed by atoms with Crippen LogP contribution in [0.4, 0.5) is 5.69 Å². The number of benzene rings is 2. The number of nitrogens with zero attached hydrogens (tertiary/aromatic N) is 1. The number of anilines is 1. The molecule has 1 saturated carbocycles. The monoisotopic (exact) mass is 291 g/mol. The van der Waals surface area contributed by atoms with Gasteiger partial charge in [-0.05, 0) is 46.4 Å². The number of hydrogen-bond acceptors (Lipinski definition) is 1. The summed E-state index contributed by atoms with van der Waals surface area (Å²) >= 11 is 0. The normalized spacial score (nSPS) is 26.9. The van der Waals surface area contributed by atoms with Gasteiger partial charge in [-0.2, -0.15) is 0 Å². The molecule has 1 nitrogen and oxygen atoms in total. The summed E-state index contributed by atoms with van der Waals surface area (Å²) in [7, 11) is 0. The highest BCUT2D eigenvalue weighted by atomic mass is 15.2. The van der Waals surface area contributed by atoms with Gasteiger partial charge >= 0.3 is 0 Å². The van der Waals surface area contributed by atoms with Crippen LogP contribution in [0.2, 0.25) is 0 Å². The van der Waals surface area contributed by atoms with E-state index in [0.717, 1.165) is 17.8 Å². The molecule has 1 saturated heterocycles. The molecule has 1 aliphatic carbocycles. The van der Waals surface area contributed by atoms with Gasteiger partial charge in [0.05, 0.1) is 0 Å². The molecular weight excluding hydrogens is 266 g/mol. The van der Waals surface area contributed by atoms with E-state index in [1.54, 1.807) is 0 Å². The first-order valence-electron chi connectivity index (χ1n) is 8.44. The highest BCUT2D eigenvalue weighted by Gasteiger charge is 2.59. The van der Waals surface area contributed by atoms with E-state index >= 15 is 0 Å². The summed E-state index contributed by atoms with van der Waals surface area (Å²) in [4.78, 5) is 2.59. The van der Waals surface area contributed by atoms with E-state index in [9.17, 15) is 0 Å². The van der Waals surface area contributed by atoms with Crippen LogP contribution in [0.1, 0.15) is 20.8 Å². The minimum absolute atomic E-state index is 0.479. The van der Waals surface area contributed by atoms with Gasteiger partial charge in [0.2, 0.25) is 0 Å². The van der Waals surface area contributed by atoms with Crippen LogP contribution in [0, 0.1) is 23.2 Å². The third kappa shape index (κ3) is 2.33. The largest absolute Gasteiger partial charge is 0.371 e. The third-order valence-electron chi connectivity index (χ3n) is 5.51. The molecule has 0 amide bonds. The molecule has 1 heteroatoms. The van der Waals surface area contributed by atoms with E-state index in [1.807, 2.05) is 0 Å². The summed E-state index contributed by atoms with van der Waals surface area (Å²) in [6, 6.07) is 19.7. The van der Waals surface area contributed by atoms with E-state index in [1.165, 1.54) is 29.9 Å². The van der Waals surface area contributed by atoms with E-state index in [4.69, 9.17) is 0 Å². The lowest BCUT2D eigenvalue weighted by Crippen LogP contribution is -2.27. The molecule has 0 aromatic heterocycles. The Morgan fingerprint density at radius 1 is 0.818 bits per heavy atom. The lowest BCUT2D eigenvalue weighted by Gasteiger charge is -2.27. The first-order valence-corrected chi connectivity index (χ1v) is 8.44. The molecule has 22 heavy (non-hydrogen) atoms. The maximum absolute atomic E-state index is 2.59. The van der Waals surface area contributed by atoms with Crippen molar-refractivity contribution in [3.63, 3.8) is 0 Å². The molecule has 1 aliphatic heterocycles. The Hall–Kier alpha value is -1.76. The van der Waals surface area contributed by atoms with Crippen LogP contribution in [-0.2, 0) is 0 Å². The van der Waals surface area contributed by atoms with Crippen molar-refractivity contribution in [2.75, 3.05) is 18.0 Å². The van der Waals surface area contributed by atoms with Crippen LogP contribution in [0.3, 0.4) is 0 Å². The summed E-state index contributed by atoms with van der Waals surface area (Å²) < 4.78 is 0. The fraction of sp³-hybridized carbons (Fsp3) is 0.429. The standard InChI is InChI=1S/C21H25N/c1-21(2,3)20-18-13-22(14-19(18)20)17-11-7-10-16(12-17)15-8-5-4-6-9-15/h4-12,18-20H,13-14H2,1-3H3. The van der Waals surface area contributed by atoms with Crippen LogP contribution in [0.15, 0.2) is 54.6 Å². The molecule has 2 aromatic rings. The van der Waals surface area contributed by atoms with Crippen molar-refractivity contribution in [1.29, 1.82) is 0 Å². The molecule has 2 aliphatic rings. The van der Waals surface area contributed by atoms with Gasteiger partial charge in [0.1, 0.15) is 0 Å². The molecule has 2 atom stereocenters. The fourth-order valence-electron chi connectivity index (χ4n) is 4.53. The second-order valence-electron chi connectivity index (χ2n) is 8.04. The Balaban J connectivity index is 1.52. The van der Waals surface area contributed by atoms with Crippen molar-refractivity contribution in [2.24, 2.45) is 23.2 Å². The number of hydrogen-bond donors (Lipinski definition) is 0. The van der Waals surface area contributed by atoms with Crippen molar-refractivity contribution in [3.8, 4) is 11.1 Å². The highest BCUT2D eigenvalue weighted by Crippen LogP contribution is 2.60. The molecule has 0 spiro atoms. The third-order valence-corrected chi connectivity index (χ3v) is 5.51. The average molecular weight is 291 g/mol. The van der Waals surface area contributed by atoms with Crippen molar-refractivity contribution < 1.29 is 0 Å². The van der Waals surface area contributed by atoms with Gasteiger partial charge in [-0.1, -0.05) is 63.2 Å². The number of rotatable bonds is 2. The molecule has 0 radical (unpaired) electrons. The quantitative estimate of drug-likeness (QED) is 0.745. The summed E-state index contributed by atoms with van der Waals surface area (Å²) in [6.07, 6.45) is 0.